The van der Waals surface area contributed by atoms with Gasteiger partial charge >= 0.3 is 0 Å². The zero-order valence-corrected chi connectivity index (χ0v) is 12.6. The van der Waals surface area contributed by atoms with E-state index in [0.29, 0.717) is 25.2 Å². The number of aromatic nitrogens is 2. The van der Waals surface area contributed by atoms with Gasteiger partial charge in [-0.2, -0.15) is 10.2 Å². The lowest BCUT2D eigenvalue weighted by Crippen LogP contribution is -2.46. The van der Waals surface area contributed by atoms with Crippen LogP contribution in [0.5, 0.6) is 0 Å². The summed E-state index contributed by atoms with van der Waals surface area (Å²) in [6.07, 6.45) is 7.14. The molecule has 1 aromatic rings. The van der Waals surface area contributed by atoms with E-state index in [9.17, 15) is 9.59 Å². The Morgan fingerprint density at radius 1 is 1.27 bits per heavy atom. The number of nitrogens with zero attached hydrogens (tertiary/aromatic N) is 4. The molecular weight excluding hydrogens is 280 g/mol. The van der Waals surface area contributed by atoms with Gasteiger partial charge in [-0.1, -0.05) is 6.08 Å². The van der Waals surface area contributed by atoms with Gasteiger partial charge in [-0.25, -0.2) is 0 Å². The first-order valence-corrected chi connectivity index (χ1v) is 7.62. The van der Waals surface area contributed by atoms with E-state index in [1.807, 2.05) is 9.80 Å². The van der Waals surface area contributed by atoms with Crippen molar-refractivity contribution >= 4 is 11.8 Å². The molecule has 0 unspecified atom stereocenters. The quantitative estimate of drug-likeness (QED) is 0.785. The van der Waals surface area contributed by atoms with Crippen LogP contribution in [0.15, 0.2) is 31.1 Å². The number of likely N-dealkylation sites (tertiary alicyclic amines) is 2. The molecule has 0 radical (unpaired) electrons. The summed E-state index contributed by atoms with van der Waals surface area (Å²) >= 11 is 0. The van der Waals surface area contributed by atoms with E-state index in [0.717, 1.165) is 25.8 Å². The monoisotopic (exact) mass is 300 g/mol. The second-order valence-electron chi connectivity index (χ2n) is 5.99. The number of piperidine rings is 1. The average Bonchev–Trinajstić information content (AvgIpc) is 2.86. The van der Waals surface area contributed by atoms with Crippen LogP contribution in [0.1, 0.15) is 29.6 Å². The predicted octanol–water partition coefficient (Wildman–Crippen LogP) is 1.12. The van der Waals surface area contributed by atoms with Crippen molar-refractivity contribution in [3.8, 4) is 0 Å². The molecule has 22 heavy (non-hydrogen) atoms. The third-order valence-corrected chi connectivity index (χ3v) is 4.79. The smallest absolute Gasteiger partial charge is 0.255 e. The molecule has 0 aromatic carbocycles. The molecule has 3 heterocycles. The van der Waals surface area contributed by atoms with Crippen LogP contribution < -0.4 is 0 Å². The molecule has 6 heteroatoms. The summed E-state index contributed by atoms with van der Waals surface area (Å²) in [5.41, 5.74) is 0.285. The number of hydrogen-bond acceptors (Lipinski definition) is 4. The van der Waals surface area contributed by atoms with Crippen LogP contribution in [0, 0.1) is 5.41 Å². The molecule has 2 amide bonds. The maximum Gasteiger partial charge on any atom is 0.255 e. The molecule has 1 aromatic heterocycles. The van der Waals surface area contributed by atoms with Gasteiger partial charge in [0.25, 0.3) is 5.91 Å². The third kappa shape index (κ3) is 2.49. The Kier molecular flexibility index (Phi) is 3.92. The predicted molar refractivity (Wildman–Crippen MR) is 81.0 cm³/mol. The molecule has 116 valence electrons. The van der Waals surface area contributed by atoms with Crippen molar-refractivity contribution < 1.29 is 9.59 Å². The van der Waals surface area contributed by atoms with Crippen LogP contribution >= 0.6 is 0 Å². The van der Waals surface area contributed by atoms with Gasteiger partial charge in [-0.05, 0) is 25.3 Å². The van der Waals surface area contributed by atoms with Gasteiger partial charge in [0, 0.05) is 26.2 Å². The van der Waals surface area contributed by atoms with E-state index >= 15 is 0 Å². The number of carbonyl (C=O) groups is 2. The molecule has 0 aliphatic carbocycles. The third-order valence-electron chi connectivity index (χ3n) is 4.79. The highest BCUT2D eigenvalue weighted by Gasteiger charge is 2.48. The summed E-state index contributed by atoms with van der Waals surface area (Å²) in [5, 5.41) is 7.43. The lowest BCUT2D eigenvalue weighted by molar-refractivity contribution is -0.137. The zero-order chi connectivity index (χ0) is 15.6. The molecule has 2 aliphatic heterocycles. The van der Waals surface area contributed by atoms with E-state index in [1.165, 1.54) is 12.4 Å². The highest BCUT2D eigenvalue weighted by atomic mass is 16.2. The van der Waals surface area contributed by atoms with Gasteiger partial charge in [0.1, 0.15) is 0 Å². The van der Waals surface area contributed by atoms with Gasteiger partial charge < -0.3 is 9.80 Å². The number of rotatable bonds is 3. The van der Waals surface area contributed by atoms with Crippen LogP contribution in [0.25, 0.3) is 0 Å². The Morgan fingerprint density at radius 3 is 2.64 bits per heavy atom. The highest BCUT2D eigenvalue weighted by molar-refractivity contribution is 5.94. The van der Waals surface area contributed by atoms with Crippen LogP contribution in [0.4, 0.5) is 0 Å². The summed E-state index contributed by atoms with van der Waals surface area (Å²) in [5.74, 6) is 0.197. The minimum absolute atomic E-state index is 0.0295. The minimum atomic E-state index is -0.268. The zero-order valence-electron chi connectivity index (χ0n) is 12.6. The molecule has 1 spiro atoms. The Bertz CT molecular complexity index is 579. The molecule has 0 saturated carbocycles. The normalized spacial score (nSPS) is 20.5. The van der Waals surface area contributed by atoms with E-state index in [1.54, 1.807) is 12.1 Å². The number of amides is 2. The molecule has 0 bridgehead atoms. The lowest BCUT2D eigenvalue weighted by Gasteiger charge is -2.37. The van der Waals surface area contributed by atoms with E-state index in [-0.39, 0.29) is 17.2 Å². The molecule has 0 N–H and O–H groups in total. The fourth-order valence-corrected chi connectivity index (χ4v) is 3.42. The molecule has 6 nitrogen and oxygen atoms in total. The maximum absolute atomic E-state index is 12.6. The van der Waals surface area contributed by atoms with Crippen LogP contribution in [0.2, 0.25) is 0 Å². The maximum atomic E-state index is 12.6. The van der Waals surface area contributed by atoms with Crippen molar-refractivity contribution in [2.45, 2.75) is 19.3 Å². The van der Waals surface area contributed by atoms with Crippen molar-refractivity contribution in [1.82, 2.24) is 20.0 Å². The van der Waals surface area contributed by atoms with Gasteiger partial charge in [0.15, 0.2) is 0 Å². The summed E-state index contributed by atoms with van der Waals surface area (Å²) in [4.78, 5) is 28.7. The Balaban J connectivity index is 1.65. The second kappa shape index (κ2) is 5.87. The van der Waals surface area contributed by atoms with Crippen LogP contribution in [-0.2, 0) is 4.79 Å². The largest absolute Gasteiger partial charge is 0.339 e. The van der Waals surface area contributed by atoms with Crippen molar-refractivity contribution in [3.05, 3.63) is 36.7 Å². The SMILES string of the molecule is C=CCN1CCC2(CCN(C(=O)c3ccnnc3)CC2)C1=O. The molecule has 3 rings (SSSR count). The van der Waals surface area contributed by atoms with Gasteiger partial charge in [0.05, 0.1) is 23.4 Å². The molecule has 2 aliphatic rings. The van der Waals surface area contributed by atoms with Crippen molar-refractivity contribution in [3.63, 3.8) is 0 Å². The molecular formula is C16H20N4O2. The number of hydrogen-bond donors (Lipinski definition) is 0. The van der Waals surface area contributed by atoms with Crippen LogP contribution in [-0.4, -0.2) is 58.0 Å². The Morgan fingerprint density at radius 2 is 2.00 bits per heavy atom. The topological polar surface area (TPSA) is 66.4 Å². The first-order valence-electron chi connectivity index (χ1n) is 7.62. The Hall–Kier alpha value is -2.24. The average molecular weight is 300 g/mol. The molecule has 2 fully saturated rings. The Labute approximate surface area is 129 Å². The number of carbonyl (C=O) groups excluding carboxylic acids is 2. The summed E-state index contributed by atoms with van der Waals surface area (Å²) in [6.45, 7) is 6.36. The second-order valence-corrected chi connectivity index (χ2v) is 5.99. The first kappa shape index (κ1) is 14.7. The standard InChI is InChI=1S/C16H20N4O2/c1-2-8-20-11-6-16(15(20)22)4-9-19(10-5-16)14(21)13-3-7-17-18-12-13/h2-3,7,12H,1,4-6,8-11H2. The summed E-state index contributed by atoms with van der Waals surface area (Å²) in [6, 6.07) is 1.67. The summed E-state index contributed by atoms with van der Waals surface area (Å²) < 4.78 is 0. The van der Waals surface area contributed by atoms with Gasteiger partial charge in [0.2, 0.25) is 5.91 Å². The van der Waals surface area contributed by atoms with E-state index < -0.39 is 0 Å². The van der Waals surface area contributed by atoms with Crippen LogP contribution in [0.3, 0.4) is 0 Å². The fourth-order valence-electron chi connectivity index (χ4n) is 3.42. The highest BCUT2D eigenvalue weighted by Crippen LogP contribution is 2.41. The van der Waals surface area contributed by atoms with E-state index in [4.69, 9.17) is 0 Å². The van der Waals surface area contributed by atoms with E-state index in [2.05, 4.69) is 16.8 Å². The van der Waals surface area contributed by atoms with Gasteiger partial charge in [-0.3, -0.25) is 9.59 Å². The van der Waals surface area contributed by atoms with Gasteiger partial charge in [-0.15, -0.1) is 6.58 Å². The fraction of sp³-hybridized carbons (Fsp3) is 0.500. The summed E-state index contributed by atoms with van der Waals surface area (Å²) in [7, 11) is 0. The van der Waals surface area contributed by atoms with Crippen molar-refractivity contribution in [2.24, 2.45) is 5.41 Å². The van der Waals surface area contributed by atoms with Crippen molar-refractivity contribution in [1.29, 1.82) is 0 Å². The van der Waals surface area contributed by atoms with Crippen molar-refractivity contribution in [2.75, 3.05) is 26.2 Å². The molecule has 2 saturated heterocycles. The molecule has 0 atom stereocenters. The first-order chi connectivity index (χ1) is 10.7. The lowest BCUT2D eigenvalue weighted by atomic mass is 9.77. The minimum Gasteiger partial charge on any atom is -0.339 e.